The third kappa shape index (κ3) is 3.58. The van der Waals surface area contributed by atoms with E-state index >= 15 is 0 Å². The van der Waals surface area contributed by atoms with Crippen molar-refractivity contribution in [1.29, 1.82) is 0 Å². The Kier molecular flexibility index (Phi) is 4.73. The Bertz CT molecular complexity index is 609. The first kappa shape index (κ1) is 19.4. The summed E-state index contributed by atoms with van der Waals surface area (Å²) in [4.78, 5) is 0. The molecule has 1 unspecified atom stereocenters. The van der Waals surface area contributed by atoms with Crippen LogP contribution in [0, 0.1) is 17.3 Å². The zero-order chi connectivity index (χ0) is 18.8. The highest BCUT2D eigenvalue weighted by Gasteiger charge is 2.52. The molecule has 1 heteroatoms. The molecule has 0 amide bonds. The number of benzene rings is 1. The van der Waals surface area contributed by atoms with Gasteiger partial charge in [0.15, 0.2) is 0 Å². The van der Waals surface area contributed by atoms with Gasteiger partial charge in [-0.3, -0.25) is 0 Å². The number of fused-ring (bicyclic) bond motifs is 1. The van der Waals surface area contributed by atoms with E-state index in [9.17, 15) is 0 Å². The van der Waals surface area contributed by atoms with Crippen molar-refractivity contribution < 1.29 is 0 Å². The molecular formula is C24H39P. The van der Waals surface area contributed by atoms with Crippen molar-refractivity contribution in [3.8, 4) is 0 Å². The molecule has 2 aliphatic rings. The SMILES string of the molecule is C[C@H]1CP(c2cc(C(C)(C)C)cc(C(C)(C)C)c2)[C@H]2[C@@H]1CCC2(C)C. The fraction of sp³-hybridized carbons (Fsp3) is 0.750. The molecule has 1 aromatic rings. The van der Waals surface area contributed by atoms with Crippen LogP contribution in [0.25, 0.3) is 0 Å². The highest BCUT2D eigenvalue weighted by Crippen LogP contribution is 2.66. The Hall–Kier alpha value is -0.350. The van der Waals surface area contributed by atoms with Crippen LogP contribution in [-0.2, 0) is 10.8 Å². The Balaban J connectivity index is 2.10. The fourth-order valence-corrected chi connectivity index (χ4v) is 9.28. The first-order valence-corrected chi connectivity index (χ1v) is 11.8. The topological polar surface area (TPSA) is 0 Å². The second-order valence-electron chi connectivity index (χ2n) is 11.5. The second kappa shape index (κ2) is 6.09. The molecule has 0 spiro atoms. The Morgan fingerprint density at radius 2 is 1.44 bits per heavy atom. The molecule has 1 aromatic carbocycles. The van der Waals surface area contributed by atoms with Crippen molar-refractivity contribution in [3.63, 3.8) is 0 Å². The van der Waals surface area contributed by atoms with Crippen LogP contribution in [0.2, 0.25) is 0 Å². The lowest BCUT2D eigenvalue weighted by Crippen LogP contribution is -2.28. The quantitative estimate of drug-likeness (QED) is 0.482. The van der Waals surface area contributed by atoms with Crippen LogP contribution in [0.15, 0.2) is 18.2 Å². The second-order valence-corrected chi connectivity index (χ2v) is 13.9. The molecule has 1 aliphatic heterocycles. The van der Waals surface area contributed by atoms with E-state index in [0.717, 1.165) is 17.5 Å². The van der Waals surface area contributed by atoms with E-state index in [1.165, 1.54) is 30.1 Å². The standard InChI is InChI=1S/C24H39P/c1-16-15-25(21-20(16)10-11-24(21,8)9)19-13-17(22(2,3)4)12-18(14-19)23(5,6)7/h12-14,16,20-21H,10-11,15H2,1-9H3/t16-,20+,21-,25?/m0/s1. The van der Waals surface area contributed by atoms with Crippen LogP contribution >= 0.6 is 7.92 Å². The highest BCUT2D eigenvalue weighted by molar-refractivity contribution is 7.66. The summed E-state index contributed by atoms with van der Waals surface area (Å²) >= 11 is 0. The van der Waals surface area contributed by atoms with Gasteiger partial charge >= 0.3 is 0 Å². The molecule has 0 N–H and O–H groups in total. The minimum absolute atomic E-state index is 0.0347. The maximum absolute atomic E-state index is 2.59. The van der Waals surface area contributed by atoms with Gasteiger partial charge in [0.2, 0.25) is 0 Å². The monoisotopic (exact) mass is 358 g/mol. The molecule has 3 rings (SSSR count). The lowest BCUT2D eigenvalue weighted by atomic mass is 9.81. The molecule has 1 heterocycles. The Morgan fingerprint density at radius 1 is 0.920 bits per heavy atom. The minimum atomic E-state index is -0.0347. The van der Waals surface area contributed by atoms with Crippen LogP contribution in [0.1, 0.15) is 86.3 Å². The number of hydrogen-bond acceptors (Lipinski definition) is 0. The van der Waals surface area contributed by atoms with E-state index in [4.69, 9.17) is 0 Å². The molecule has 1 saturated carbocycles. The van der Waals surface area contributed by atoms with E-state index in [1.54, 1.807) is 5.30 Å². The summed E-state index contributed by atoms with van der Waals surface area (Å²) in [6.45, 7) is 21.8. The van der Waals surface area contributed by atoms with Crippen LogP contribution in [0.4, 0.5) is 0 Å². The van der Waals surface area contributed by atoms with E-state index in [-0.39, 0.29) is 18.8 Å². The van der Waals surface area contributed by atoms with Crippen molar-refractivity contribution in [3.05, 3.63) is 29.3 Å². The summed E-state index contributed by atoms with van der Waals surface area (Å²) < 4.78 is 0. The molecule has 140 valence electrons. The van der Waals surface area contributed by atoms with E-state index in [2.05, 4.69) is 80.5 Å². The van der Waals surface area contributed by atoms with Gasteiger partial charge in [-0.15, -0.1) is 0 Å². The largest absolute Gasteiger partial charge is 0.0710 e. The predicted octanol–water partition coefficient (Wildman–Crippen LogP) is 6.84. The Labute approximate surface area is 157 Å². The summed E-state index contributed by atoms with van der Waals surface area (Å²) in [5.41, 5.74) is 4.97. The van der Waals surface area contributed by atoms with Crippen LogP contribution in [-0.4, -0.2) is 11.8 Å². The van der Waals surface area contributed by atoms with Gasteiger partial charge in [0.05, 0.1) is 0 Å². The maximum Gasteiger partial charge on any atom is -0.00865 e. The first-order chi connectivity index (χ1) is 11.3. The zero-order valence-electron chi connectivity index (χ0n) is 18.0. The lowest BCUT2D eigenvalue weighted by molar-refractivity contribution is 0.356. The summed E-state index contributed by atoms with van der Waals surface area (Å²) in [5.74, 6) is 1.88. The summed E-state index contributed by atoms with van der Waals surface area (Å²) in [7, 11) is -0.0347. The van der Waals surface area contributed by atoms with Gasteiger partial charge in [-0.25, -0.2) is 0 Å². The minimum Gasteiger partial charge on any atom is -0.0710 e. The van der Waals surface area contributed by atoms with Gasteiger partial charge in [0, 0.05) is 0 Å². The normalized spacial score (nSPS) is 32.0. The summed E-state index contributed by atoms with van der Waals surface area (Å²) in [5, 5.41) is 1.70. The van der Waals surface area contributed by atoms with Crippen molar-refractivity contribution in [2.75, 3.05) is 6.16 Å². The molecule has 0 radical (unpaired) electrons. The average Bonchev–Trinajstić information content (AvgIpc) is 2.96. The highest BCUT2D eigenvalue weighted by atomic mass is 31.1. The van der Waals surface area contributed by atoms with Crippen molar-refractivity contribution in [1.82, 2.24) is 0 Å². The molecule has 25 heavy (non-hydrogen) atoms. The molecule has 2 fully saturated rings. The average molecular weight is 359 g/mol. The maximum atomic E-state index is 2.59. The van der Waals surface area contributed by atoms with Gasteiger partial charge < -0.3 is 0 Å². The number of rotatable bonds is 1. The van der Waals surface area contributed by atoms with Crippen molar-refractivity contribution in [2.24, 2.45) is 17.3 Å². The van der Waals surface area contributed by atoms with Gasteiger partial charge in [0.1, 0.15) is 0 Å². The van der Waals surface area contributed by atoms with E-state index in [0.29, 0.717) is 5.41 Å². The lowest BCUT2D eigenvalue weighted by Gasteiger charge is -2.34. The van der Waals surface area contributed by atoms with E-state index in [1.807, 2.05) is 0 Å². The summed E-state index contributed by atoms with van der Waals surface area (Å²) in [6, 6.07) is 7.66. The van der Waals surface area contributed by atoms with Crippen LogP contribution in [0.3, 0.4) is 0 Å². The van der Waals surface area contributed by atoms with E-state index < -0.39 is 0 Å². The number of hydrogen-bond donors (Lipinski definition) is 0. The first-order valence-electron chi connectivity index (χ1n) is 10.2. The Morgan fingerprint density at radius 3 is 1.92 bits per heavy atom. The molecule has 0 bridgehead atoms. The van der Waals surface area contributed by atoms with Gasteiger partial charge in [-0.2, -0.15) is 0 Å². The molecular weight excluding hydrogens is 319 g/mol. The zero-order valence-corrected chi connectivity index (χ0v) is 18.9. The van der Waals surface area contributed by atoms with Gasteiger partial charge in [-0.1, -0.05) is 88.4 Å². The van der Waals surface area contributed by atoms with Crippen LogP contribution in [0.5, 0.6) is 0 Å². The third-order valence-corrected chi connectivity index (χ3v) is 10.5. The summed E-state index contributed by atoms with van der Waals surface area (Å²) in [6.07, 6.45) is 4.34. The molecule has 1 saturated heterocycles. The van der Waals surface area contributed by atoms with Crippen LogP contribution < -0.4 is 5.30 Å². The smallest absolute Gasteiger partial charge is 0.00865 e. The molecule has 4 atom stereocenters. The predicted molar refractivity (Wildman–Crippen MR) is 115 cm³/mol. The molecule has 0 aromatic heterocycles. The van der Waals surface area contributed by atoms with Gasteiger partial charge in [-0.05, 0) is 69.2 Å². The molecule has 0 nitrogen and oxygen atoms in total. The fourth-order valence-electron chi connectivity index (χ4n) is 5.14. The third-order valence-electron chi connectivity index (χ3n) is 6.86. The van der Waals surface area contributed by atoms with Crippen molar-refractivity contribution >= 4 is 13.2 Å². The molecule has 1 aliphatic carbocycles. The van der Waals surface area contributed by atoms with Gasteiger partial charge in [0.25, 0.3) is 0 Å². The van der Waals surface area contributed by atoms with Crippen molar-refractivity contribution in [2.45, 2.75) is 91.6 Å².